The molecule has 1 rings (SSSR count). The molecule has 1 aromatic rings. The van der Waals surface area contributed by atoms with E-state index in [-0.39, 0.29) is 0 Å². The van der Waals surface area contributed by atoms with Crippen LogP contribution in [-0.2, 0) is 6.42 Å². The van der Waals surface area contributed by atoms with Gasteiger partial charge in [0.2, 0.25) is 0 Å². The van der Waals surface area contributed by atoms with Crippen molar-refractivity contribution in [3.05, 3.63) is 34.9 Å². The van der Waals surface area contributed by atoms with E-state index in [1.807, 2.05) is 13.8 Å². The van der Waals surface area contributed by atoms with Gasteiger partial charge in [0.1, 0.15) is 0 Å². The Morgan fingerprint density at radius 3 is 1.85 bits per heavy atom. The van der Waals surface area contributed by atoms with Crippen molar-refractivity contribution in [3.8, 4) is 0 Å². The Kier molecular flexibility index (Phi) is 6.30. The molecule has 0 spiro atoms. The van der Waals surface area contributed by atoms with Gasteiger partial charge in [-0.05, 0) is 37.0 Å². The van der Waals surface area contributed by atoms with Crippen LogP contribution in [0.5, 0.6) is 0 Å². The predicted octanol–water partition coefficient (Wildman–Crippen LogP) is 4.28. The van der Waals surface area contributed by atoms with Crippen molar-refractivity contribution in [1.29, 1.82) is 0 Å². The van der Waals surface area contributed by atoms with Gasteiger partial charge >= 0.3 is 0 Å². The number of hydrogen-bond donors (Lipinski definition) is 0. The number of hydrogen-bond acceptors (Lipinski definition) is 0. The van der Waals surface area contributed by atoms with Gasteiger partial charge in [-0.2, -0.15) is 0 Å². The van der Waals surface area contributed by atoms with E-state index in [1.165, 1.54) is 29.5 Å². The molecule has 0 heteroatoms. The van der Waals surface area contributed by atoms with Crippen LogP contribution in [0.3, 0.4) is 0 Å². The smallest absolute Gasteiger partial charge is 0.0276 e. The molecule has 0 aliphatic heterocycles. The third-order valence-electron chi connectivity index (χ3n) is 2.14. The molecule has 0 fully saturated rings. The van der Waals surface area contributed by atoms with Gasteiger partial charge in [-0.1, -0.05) is 45.4 Å². The van der Waals surface area contributed by atoms with Gasteiger partial charge in [-0.25, -0.2) is 0 Å². The highest BCUT2D eigenvalue weighted by Crippen LogP contribution is 2.14. The summed E-state index contributed by atoms with van der Waals surface area (Å²) in [5, 5.41) is 0. The van der Waals surface area contributed by atoms with Gasteiger partial charge in [0.15, 0.2) is 0 Å². The molecule has 74 valence electrons. The first kappa shape index (κ1) is 12.2. The normalized spacial score (nSPS) is 9.00. The minimum Gasteiger partial charge on any atom is -0.0683 e. The monoisotopic (exact) mass is 178 g/mol. The summed E-state index contributed by atoms with van der Waals surface area (Å²) < 4.78 is 0. The van der Waals surface area contributed by atoms with Crippen LogP contribution in [0.15, 0.2) is 18.2 Å². The lowest BCUT2D eigenvalue weighted by molar-refractivity contribution is 0.903. The van der Waals surface area contributed by atoms with Crippen molar-refractivity contribution < 1.29 is 0 Å². The van der Waals surface area contributed by atoms with Crippen molar-refractivity contribution in [3.63, 3.8) is 0 Å². The van der Waals surface area contributed by atoms with Crippen LogP contribution in [0, 0.1) is 13.8 Å². The summed E-state index contributed by atoms with van der Waals surface area (Å²) in [4.78, 5) is 0. The lowest BCUT2D eigenvalue weighted by Gasteiger charge is -2.06. The lowest BCUT2D eigenvalue weighted by Crippen LogP contribution is -1.91. The van der Waals surface area contributed by atoms with Crippen LogP contribution in [-0.4, -0.2) is 0 Å². The fourth-order valence-corrected chi connectivity index (χ4v) is 1.49. The van der Waals surface area contributed by atoms with E-state index in [0.717, 1.165) is 0 Å². The minimum absolute atomic E-state index is 1.22. The average Bonchev–Trinajstić information content (AvgIpc) is 2.15. The Hall–Kier alpha value is -0.780. The summed E-state index contributed by atoms with van der Waals surface area (Å²) >= 11 is 0. The van der Waals surface area contributed by atoms with Crippen LogP contribution in [0.4, 0.5) is 0 Å². The van der Waals surface area contributed by atoms with Gasteiger partial charge in [0.05, 0.1) is 0 Å². The van der Waals surface area contributed by atoms with Gasteiger partial charge in [0, 0.05) is 0 Å². The molecule has 0 aromatic heterocycles. The Balaban J connectivity index is 0.000000671. The van der Waals surface area contributed by atoms with E-state index in [2.05, 4.69) is 39.0 Å². The molecule has 0 nitrogen and oxygen atoms in total. The summed E-state index contributed by atoms with van der Waals surface area (Å²) in [6, 6.07) is 6.51. The molecule has 0 saturated heterocycles. The zero-order valence-corrected chi connectivity index (χ0v) is 9.65. The quantitative estimate of drug-likeness (QED) is 0.634. The molecule has 0 N–H and O–H groups in total. The topological polar surface area (TPSA) is 0 Å². The molecule has 0 aliphatic rings. The number of aryl methyl sites for hydroxylation is 2. The predicted molar refractivity (Wildman–Crippen MR) is 61.3 cm³/mol. The van der Waals surface area contributed by atoms with Gasteiger partial charge in [0.25, 0.3) is 0 Å². The molecule has 0 saturated carbocycles. The van der Waals surface area contributed by atoms with Crippen molar-refractivity contribution in [2.24, 2.45) is 0 Å². The van der Waals surface area contributed by atoms with Crippen LogP contribution in [0.2, 0.25) is 0 Å². The minimum atomic E-state index is 1.22. The summed E-state index contributed by atoms with van der Waals surface area (Å²) in [5.74, 6) is 0. The molecule has 0 radical (unpaired) electrons. The number of rotatable bonds is 2. The molecule has 13 heavy (non-hydrogen) atoms. The van der Waals surface area contributed by atoms with Crippen LogP contribution in [0.1, 0.15) is 43.9 Å². The molecule has 0 atom stereocenters. The second kappa shape index (κ2) is 6.71. The largest absolute Gasteiger partial charge is 0.0683 e. The Labute approximate surface area is 83.0 Å². The highest BCUT2D eigenvalue weighted by atomic mass is 14.0. The second-order valence-electron chi connectivity index (χ2n) is 3.12. The molecular weight excluding hydrogens is 156 g/mol. The summed E-state index contributed by atoms with van der Waals surface area (Å²) in [6.45, 7) is 10.6. The molecule has 0 unspecified atom stereocenters. The standard InChI is InChI=1S/C11H16.C2H6/c1-4-6-11-9(2)7-5-8-10(11)3;1-2/h5,7-8H,4,6H2,1-3H3;1-2H3. The maximum absolute atomic E-state index is 2.23. The maximum Gasteiger partial charge on any atom is -0.0276 e. The average molecular weight is 178 g/mol. The highest BCUT2D eigenvalue weighted by Gasteiger charge is 1.98. The van der Waals surface area contributed by atoms with E-state index in [4.69, 9.17) is 0 Å². The molecule has 0 aliphatic carbocycles. The van der Waals surface area contributed by atoms with Crippen molar-refractivity contribution in [2.75, 3.05) is 0 Å². The summed E-state index contributed by atoms with van der Waals surface area (Å²) in [6.07, 6.45) is 2.46. The molecule has 1 aromatic carbocycles. The first-order valence-electron chi connectivity index (χ1n) is 5.30. The van der Waals surface area contributed by atoms with Crippen molar-refractivity contribution in [2.45, 2.75) is 47.5 Å². The summed E-state index contributed by atoms with van der Waals surface area (Å²) in [5.41, 5.74) is 4.41. The van der Waals surface area contributed by atoms with E-state index < -0.39 is 0 Å². The van der Waals surface area contributed by atoms with Gasteiger partial charge in [-0.15, -0.1) is 0 Å². The van der Waals surface area contributed by atoms with E-state index >= 15 is 0 Å². The third-order valence-corrected chi connectivity index (χ3v) is 2.14. The van der Waals surface area contributed by atoms with E-state index in [0.29, 0.717) is 0 Å². The fourth-order valence-electron chi connectivity index (χ4n) is 1.49. The first-order valence-corrected chi connectivity index (χ1v) is 5.30. The fraction of sp³-hybridized carbons (Fsp3) is 0.538. The Morgan fingerprint density at radius 1 is 1.00 bits per heavy atom. The highest BCUT2D eigenvalue weighted by molar-refractivity contribution is 5.33. The van der Waals surface area contributed by atoms with Crippen LogP contribution >= 0.6 is 0 Å². The van der Waals surface area contributed by atoms with Crippen LogP contribution in [0.25, 0.3) is 0 Å². The Bertz CT molecular complexity index is 216. The maximum atomic E-state index is 2.23. The number of benzene rings is 1. The van der Waals surface area contributed by atoms with E-state index in [1.54, 1.807) is 0 Å². The molecular formula is C13H22. The van der Waals surface area contributed by atoms with Crippen molar-refractivity contribution >= 4 is 0 Å². The second-order valence-corrected chi connectivity index (χ2v) is 3.12. The molecule has 0 heterocycles. The zero-order chi connectivity index (χ0) is 10.3. The van der Waals surface area contributed by atoms with Crippen molar-refractivity contribution in [1.82, 2.24) is 0 Å². The zero-order valence-electron chi connectivity index (χ0n) is 9.65. The van der Waals surface area contributed by atoms with Crippen LogP contribution < -0.4 is 0 Å². The Morgan fingerprint density at radius 2 is 1.46 bits per heavy atom. The molecule has 0 bridgehead atoms. The molecule has 0 amide bonds. The van der Waals surface area contributed by atoms with E-state index in [9.17, 15) is 0 Å². The lowest BCUT2D eigenvalue weighted by atomic mass is 9.99. The SMILES string of the molecule is CC.CCCc1c(C)cccc1C. The summed E-state index contributed by atoms with van der Waals surface area (Å²) in [7, 11) is 0. The first-order chi connectivity index (χ1) is 6.25. The van der Waals surface area contributed by atoms with Gasteiger partial charge in [-0.3, -0.25) is 0 Å². The van der Waals surface area contributed by atoms with Gasteiger partial charge < -0.3 is 0 Å². The third kappa shape index (κ3) is 3.63.